The van der Waals surface area contributed by atoms with E-state index >= 15 is 0 Å². The Hall–Kier alpha value is -1.17. The van der Waals surface area contributed by atoms with Gasteiger partial charge < -0.3 is 14.8 Å². The van der Waals surface area contributed by atoms with Gasteiger partial charge in [-0.1, -0.05) is 0 Å². The first kappa shape index (κ1) is 14.8. The molecular formula is C16H19NO2S2. The Morgan fingerprint density at radius 3 is 2.76 bits per heavy atom. The quantitative estimate of drug-likeness (QED) is 0.651. The summed E-state index contributed by atoms with van der Waals surface area (Å²) in [7, 11) is 0. The highest BCUT2D eigenvalue weighted by Gasteiger charge is 2.15. The molecule has 3 nitrogen and oxygen atoms in total. The maximum absolute atomic E-state index is 5.67. The summed E-state index contributed by atoms with van der Waals surface area (Å²) in [6, 6.07) is 6.39. The van der Waals surface area contributed by atoms with Crippen LogP contribution in [0.15, 0.2) is 33.9 Å². The molecule has 0 saturated heterocycles. The molecule has 0 atom stereocenters. The van der Waals surface area contributed by atoms with E-state index in [0.717, 1.165) is 31.0 Å². The van der Waals surface area contributed by atoms with Gasteiger partial charge in [0.05, 0.1) is 0 Å². The van der Waals surface area contributed by atoms with E-state index < -0.39 is 0 Å². The summed E-state index contributed by atoms with van der Waals surface area (Å²) in [6.45, 7) is 3.12. The van der Waals surface area contributed by atoms with Crippen LogP contribution in [0.4, 0.5) is 0 Å². The number of thioether (sulfide) groups is 1. The molecule has 1 aromatic heterocycles. The van der Waals surface area contributed by atoms with Crippen molar-refractivity contribution in [1.82, 2.24) is 5.32 Å². The molecule has 0 fully saturated rings. The summed E-state index contributed by atoms with van der Waals surface area (Å²) in [5.41, 5.74) is 2.68. The summed E-state index contributed by atoms with van der Waals surface area (Å²) in [5.74, 6) is 1.74. The molecule has 5 heteroatoms. The Morgan fingerprint density at radius 2 is 2.05 bits per heavy atom. The molecular weight excluding hydrogens is 302 g/mol. The third-order valence-corrected chi connectivity index (χ3v) is 4.98. The fourth-order valence-corrected chi connectivity index (χ4v) is 3.65. The smallest absolute Gasteiger partial charge is 0.162 e. The Kier molecular flexibility index (Phi) is 5.06. The summed E-state index contributed by atoms with van der Waals surface area (Å²) in [6.07, 6.45) is 3.17. The fourth-order valence-electron chi connectivity index (χ4n) is 2.33. The highest BCUT2D eigenvalue weighted by molar-refractivity contribution is 7.98. The van der Waals surface area contributed by atoms with E-state index in [-0.39, 0.29) is 0 Å². The van der Waals surface area contributed by atoms with E-state index in [2.05, 4.69) is 40.5 Å². The van der Waals surface area contributed by atoms with Gasteiger partial charge >= 0.3 is 0 Å². The molecule has 2 heterocycles. The number of fused-ring (bicyclic) bond motifs is 1. The van der Waals surface area contributed by atoms with Gasteiger partial charge in [0.25, 0.3) is 0 Å². The number of benzene rings is 1. The summed E-state index contributed by atoms with van der Waals surface area (Å²) >= 11 is 3.50. The van der Waals surface area contributed by atoms with Crippen LogP contribution in [0.25, 0.3) is 0 Å². The van der Waals surface area contributed by atoms with Crippen LogP contribution in [0.5, 0.6) is 11.5 Å². The lowest BCUT2D eigenvalue weighted by Gasteiger charge is -2.21. The van der Waals surface area contributed by atoms with Gasteiger partial charge in [0, 0.05) is 11.4 Å². The highest BCUT2D eigenvalue weighted by Crippen LogP contribution is 2.36. The van der Waals surface area contributed by atoms with E-state index in [1.54, 1.807) is 23.1 Å². The molecule has 1 aromatic carbocycles. The van der Waals surface area contributed by atoms with Gasteiger partial charge in [0.15, 0.2) is 11.5 Å². The third-order valence-electron chi connectivity index (χ3n) is 3.43. The Labute approximate surface area is 133 Å². The maximum Gasteiger partial charge on any atom is 0.162 e. The van der Waals surface area contributed by atoms with Gasteiger partial charge in [-0.2, -0.15) is 11.3 Å². The molecule has 21 heavy (non-hydrogen) atoms. The number of hydrogen-bond donors (Lipinski definition) is 1. The molecule has 0 radical (unpaired) electrons. The van der Waals surface area contributed by atoms with Crippen LogP contribution in [-0.4, -0.2) is 26.0 Å². The second kappa shape index (κ2) is 7.20. The van der Waals surface area contributed by atoms with Gasteiger partial charge in [-0.05, 0) is 59.3 Å². The Morgan fingerprint density at radius 1 is 1.24 bits per heavy atom. The minimum absolute atomic E-state index is 0.636. The van der Waals surface area contributed by atoms with Crippen molar-refractivity contribution in [3.63, 3.8) is 0 Å². The van der Waals surface area contributed by atoms with E-state index in [0.29, 0.717) is 13.2 Å². The molecule has 0 spiro atoms. The topological polar surface area (TPSA) is 30.5 Å². The number of nitrogens with one attached hydrogen (secondary N) is 1. The first-order valence-electron chi connectivity index (χ1n) is 7.05. The zero-order valence-electron chi connectivity index (χ0n) is 12.1. The van der Waals surface area contributed by atoms with Crippen molar-refractivity contribution in [2.45, 2.75) is 17.9 Å². The monoisotopic (exact) mass is 321 g/mol. The Balaban J connectivity index is 1.61. The summed E-state index contributed by atoms with van der Waals surface area (Å²) < 4.78 is 11.3. The lowest BCUT2D eigenvalue weighted by Crippen LogP contribution is -2.19. The second-order valence-corrected chi connectivity index (χ2v) is 6.49. The molecule has 1 aliphatic rings. The van der Waals surface area contributed by atoms with Gasteiger partial charge in [0.2, 0.25) is 0 Å². The summed E-state index contributed by atoms with van der Waals surface area (Å²) in [4.78, 5) is 1.25. The molecule has 1 N–H and O–H groups in total. The SMILES string of the molecule is CSc1cc2c(cc1CNCCc1ccsc1)OCCO2. The molecule has 0 aliphatic carbocycles. The third kappa shape index (κ3) is 3.73. The largest absolute Gasteiger partial charge is 0.486 e. The zero-order chi connectivity index (χ0) is 14.5. The van der Waals surface area contributed by atoms with Crippen LogP contribution < -0.4 is 14.8 Å². The average molecular weight is 321 g/mol. The van der Waals surface area contributed by atoms with Crippen LogP contribution in [-0.2, 0) is 13.0 Å². The Bertz CT molecular complexity index is 584. The first-order chi connectivity index (χ1) is 10.4. The van der Waals surface area contributed by atoms with E-state index in [9.17, 15) is 0 Å². The molecule has 0 unspecified atom stereocenters. The fraction of sp³-hybridized carbons (Fsp3) is 0.375. The number of thiophene rings is 1. The van der Waals surface area contributed by atoms with Gasteiger partial charge in [-0.25, -0.2) is 0 Å². The van der Waals surface area contributed by atoms with Crippen molar-refractivity contribution in [1.29, 1.82) is 0 Å². The van der Waals surface area contributed by atoms with E-state index in [1.807, 2.05) is 0 Å². The van der Waals surface area contributed by atoms with Crippen LogP contribution in [0, 0.1) is 0 Å². The van der Waals surface area contributed by atoms with Crippen molar-refractivity contribution in [3.8, 4) is 11.5 Å². The van der Waals surface area contributed by atoms with Crippen LogP contribution in [0.2, 0.25) is 0 Å². The molecule has 3 rings (SSSR count). The molecule has 1 aliphatic heterocycles. The number of ether oxygens (including phenoxy) is 2. The van der Waals surface area contributed by atoms with E-state index in [1.165, 1.54) is 16.0 Å². The molecule has 0 saturated carbocycles. The average Bonchev–Trinajstić information content (AvgIpc) is 3.04. The normalized spacial score (nSPS) is 13.4. The van der Waals surface area contributed by atoms with Crippen LogP contribution in [0.1, 0.15) is 11.1 Å². The van der Waals surface area contributed by atoms with Crippen molar-refractivity contribution >= 4 is 23.1 Å². The van der Waals surface area contributed by atoms with Crippen LogP contribution in [0.3, 0.4) is 0 Å². The van der Waals surface area contributed by atoms with Gasteiger partial charge in [0.1, 0.15) is 13.2 Å². The second-order valence-electron chi connectivity index (χ2n) is 4.87. The highest BCUT2D eigenvalue weighted by atomic mass is 32.2. The molecule has 112 valence electrons. The van der Waals surface area contributed by atoms with Gasteiger partial charge in [-0.15, -0.1) is 11.8 Å². The van der Waals surface area contributed by atoms with Crippen molar-refractivity contribution in [2.24, 2.45) is 0 Å². The minimum Gasteiger partial charge on any atom is -0.486 e. The first-order valence-corrected chi connectivity index (χ1v) is 9.22. The van der Waals surface area contributed by atoms with Crippen molar-refractivity contribution in [2.75, 3.05) is 26.0 Å². The van der Waals surface area contributed by atoms with Gasteiger partial charge in [-0.3, -0.25) is 0 Å². The maximum atomic E-state index is 5.67. The lowest BCUT2D eigenvalue weighted by molar-refractivity contribution is 0.171. The zero-order valence-corrected chi connectivity index (χ0v) is 13.7. The number of hydrogen-bond acceptors (Lipinski definition) is 5. The number of rotatable bonds is 6. The minimum atomic E-state index is 0.636. The molecule has 2 aromatic rings. The van der Waals surface area contributed by atoms with E-state index in [4.69, 9.17) is 9.47 Å². The van der Waals surface area contributed by atoms with Crippen LogP contribution >= 0.6 is 23.1 Å². The lowest BCUT2D eigenvalue weighted by atomic mass is 10.2. The predicted octanol–water partition coefficient (Wildman–Crippen LogP) is 3.57. The molecule has 0 amide bonds. The summed E-state index contributed by atoms with van der Waals surface area (Å²) in [5, 5.41) is 7.85. The predicted molar refractivity (Wildman–Crippen MR) is 88.9 cm³/mol. The molecule has 0 bridgehead atoms. The standard InChI is InChI=1S/C16H19NO2S2/c1-20-16-9-15-14(18-5-6-19-15)8-13(16)10-17-4-2-12-3-7-21-11-12/h3,7-9,11,17H,2,4-6,10H2,1H3. The van der Waals surface area contributed by atoms with Crippen molar-refractivity contribution in [3.05, 3.63) is 40.1 Å². The van der Waals surface area contributed by atoms with Crippen molar-refractivity contribution < 1.29 is 9.47 Å².